The highest BCUT2D eigenvalue weighted by Crippen LogP contribution is 2.33. The highest BCUT2D eigenvalue weighted by atomic mass is 19.4. The third-order valence-electron chi connectivity index (χ3n) is 2.05. The maximum atomic E-state index is 12.4. The molecule has 0 radical (unpaired) electrons. The van der Waals surface area contributed by atoms with Gasteiger partial charge in [-0.2, -0.15) is 18.3 Å². The average molecular weight is 239 g/mol. The minimum absolute atomic E-state index is 0.0242. The molecule has 1 rings (SSSR count). The molecule has 0 spiro atoms. The van der Waals surface area contributed by atoms with Gasteiger partial charge >= 0.3 is 6.18 Å². The number of nitrogens with one attached hydrogen (secondary N) is 2. The van der Waals surface area contributed by atoms with Gasteiger partial charge in [0.05, 0.1) is 12.3 Å². The minimum atomic E-state index is -4.63. The van der Waals surface area contributed by atoms with Gasteiger partial charge in [0.1, 0.15) is 11.8 Å². The van der Waals surface area contributed by atoms with Crippen LogP contribution in [0.15, 0.2) is 6.20 Å². The summed E-state index contributed by atoms with van der Waals surface area (Å²) in [6, 6.07) is 0. The van der Waals surface area contributed by atoms with Gasteiger partial charge in [0.25, 0.3) is 0 Å². The molecule has 0 aliphatic carbocycles. The second-order valence-electron chi connectivity index (χ2n) is 3.27. The molecule has 2 unspecified atom stereocenters. The number of hydrogen-bond donors (Lipinski definition) is 4. The SMILES string of the molecule is CNCC(O)C(O)c1cn[nH]c1C(F)(F)F. The van der Waals surface area contributed by atoms with Crippen molar-refractivity contribution in [2.75, 3.05) is 13.6 Å². The predicted octanol–water partition coefficient (Wildman–Crippen LogP) is 0.0422. The molecule has 2 atom stereocenters. The number of aliphatic hydroxyl groups excluding tert-OH is 2. The zero-order valence-electron chi connectivity index (χ0n) is 8.41. The Morgan fingerprint density at radius 3 is 2.62 bits per heavy atom. The topological polar surface area (TPSA) is 81.2 Å². The molecule has 0 bridgehead atoms. The van der Waals surface area contributed by atoms with E-state index in [1.165, 1.54) is 7.05 Å². The summed E-state index contributed by atoms with van der Waals surface area (Å²) in [4.78, 5) is 0. The summed E-state index contributed by atoms with van der Waals surface area (Å²) in [5, 5.41) is 26.4. The van der Waals surface area contributed by atoms with Crippen molar-refractivity contribution in [1.82, 2.24) is 15.5 Å². The summed E-state index contributed by atoms with van der Waals surface area (Å²) in [6.07, 6.45) is -6.75. The first-order valence-electron chi connectivity index (χ1n) is 4.49. The lowest BCUT2D eigenvalue weighted by Crippen LogP contribution is -2.30. The van der Waals surface area contributed by atoms with Gasteiger partial charge in [-0.15, -0.1) is 0 Å². The first-order chi connectivity index (χ1) is 7.38. The number of likely N-dealkylation sites (N-methyl/N-ethyl adjacent to an activating group) is 1. The molecular weight excluding hydrogens is 227 g/mol. The Labute approximate surface area is 89.3 Å². The maximum Gasteiger partial charge on any atom is 0.433 e. The Bertz CT molecular complexity index is 340. The molecule has 4 N–H and O–H groups in total. The minimum Gasteiger partial charge on any atom is -0.389 e. The van der Waals surface area contributed by atoms with E-state index in [4.69, 9.17) is 0 Å². The standard InChI is InChI=1S/C8H12F3N3O2/c1-12-3-5(15)6(16)4-2-13-14-7(4)8(9,10)11/h2,5-6,12,15-16H,3H2,1H3,(H,13,14). The van der Waals surface area contributed by atoms with Crippen LogP contribution < -0.4 is 5.32 Å². The summed E-state index contributed by atoms with van der Waals surface area (Å²) in [5.74, 6) is 0. The number of H-pyrrole nitrogens is 1. The highest BCUT2D eigenvalue weighted by molar-refractivity contribution is 5.22. The maximum absolute atomic E-state index is 12.4. The molecule has 0 saturated carbocycles. The second kappa shape index (κ2) is 4.81. The number of rotatable bonds is 4. The fraction of sp³-hybridized carbons (Fsp3) is 0.625. The van der Waals surface area contributed by atoms with Crippen LogP contribution >= 0.6 is 0 Å². The van der Waals surface area contributed by atoms with Gasteiger partial charge in [0.15, 0.2) is 0 Å². The Morgan fingerprint density at radius 1 is 1.50 bits per heavy atom. The van der Waals surface area contributed by atoms with Gasteiger partial charge < -0.3 is 15.5 Å². The molecule has 0 saturated heterocycles. The van der Waals surface area contributed by atoms with Crippen molar-refractivity contribution >= 4 is 0 Å². The Hall–Kier alpha value is -1.12. The van der Waals surface area contributed by atoms with Gasteiger partial charge in [-0.1, -0.05) is 0 Å². The van der Waals surface area contributed by atoms with Crippen LogP contribution in [-0.4, -0.2) is 40.1 Å². The fourth-order valence-corrected chi connectivity index (χ4v) is 1.27. The lowest BCUT2D eigenvalue weighted by Gasteiger charge is -2.18. The first kappa shape index (κ1) is 12.9. The number of aliphatic hydroxyl groups is 2. The quantitative estimate of drug-likeness (QED) is 0.598. The van der Waals surface area contributed by atoms with Gasteiger partial charge in [0, 0.05) is 12.1 Å². The molecule has 5 nitrogen and oxygen atoms in total. The lowest BCUT2D eigenvalue weighted by molar-refractivity contribution is -0.143. The molecule has 1 heterocycles. The van der Waals surface area contributed by atoms with Crippen molar-refractivity contribution in [3.63, 3.8) is 0 Å². The van der Waals surface area contributed by atoms with Gasteiger partial charge in [-0.05, 0) is 7.05 Å². The molecule has 8 heteroatoms. The largest absolute Gasteiger partial charge is 0.433 e. The molecule has 0 aliphatic heterocycles. The van der Waals surface area contributed by atoms with Crippen LogP contribution in [0.25, 0.3) is 0 Å². The summed E-state index contributed by atoms with van der Waals surface area (Å²) in [7, 11) is 1.51. The van der Waals surface area contributed by atoms with Crippen molar-refractivity contribution in [2.24, 2.45) is 0 Å². The van der Waals surface area contributed by atoms with Crippen LogP contribution in [0.5, 0.6) is 0 Å². The molecule has 1 aromatic heterocycles. The third-order valence-corrected chi connectivity index (χ3v) is 2.05. The van der Waals surface area contributed by atoms with Crippen LogP contribution in [-0.2, 0) is 6.18 Å². The summed E-state index contributed by atoms with van der Waals surface area (Å²) in [5.41, 5.74) is -1.61. The molecule has 16 heavy (non-hydrogen) atoms. The number of halogens is 3. The molecule has 0 amide bonds. The van der Waals surface area contributed by atoms with E-state index in [9.17, 15) is 23.4 Å². The van der Waals surface area contributed by atoms with Crippen molar-refractivity contribution in [2.45, 2.75) is 18.4 Å². The number of alkyl halides is 3. The molecule has 0 fully saturated rings. The molecule has 0 aliphatic rings. The van der Waals surface area contributed by atoms with E-state index in [0.717, 1.165) is 6.20 Å². The van der Waals surface area contributed by atoms with Crippen LogP contribution in [0.1, 0.15) is 17.4 Å². The predicted molar refractivity (Wildman–Crippen MR) is 48.5 cm³/mol. The van der Waals surface area contributed by atoms with Crippen LogP contribution in [0.4, 0.5) is 13.2 Å². The number of hydrogen-bond acceptors (Lipinski definition) is 4. The van der Waals surface area contributed by atoms with Crippen LogP contribution in [0.3, 0.4) is 0 Å². The Balaban J connectivity index is 2.92. The van der Waals surface area contributed by atoms with E-state index in [0.29, 0.717) is 0 Å². The summed E-state index contributed by atoms with van der Waals surface area (Å²) < 4.78 is 37.2. The zero-order chi connectivity index (χ0) is 12.3. The number of aromatic amines is 1. The van der Waals surface area contributed by atoms with E-state index < -0.39 is 29.6 Å². The molecule has 92 valence electrons. The van der Waals surface area contributed by atoms with Gasteiger partial charge in [0.2, 0.25) is 0 Å². The van der Waals surface area contributed by atoms with Crippen LogP contribution in [0.2, 0.25) is 0 Å². The van der Waals surface area contributed by atoms with E-state index in [1.807, 2.05) is 0 Å². The summed E-state index contributed by atoms with van der Waals surface area (Å²) in [6.45, 7) is -0.0242. The Kier molecular flexibility index (Phi) is 3.89. The number of aromatic nitrogens is 2. The average Bonchev–Trinajstić information content (AvgIpc) is 2.64. The first-order valence-corrected chi connectivity index (χ1v) is 4.49. The van der Waals surface area contributed by atoms with Gasteiger partial charge in [-0.25, -0.2) is 0 Å². The summed E-state index contributed by atoms with van der Waals surface area (Å²) >= 11 is 0. The molecule has 1 aromatic rings. The van der Waals surface area contributed by atoms with Crippen molar-refractivity contribution in [3.8, 4) is 0 Å². The fourth-order valence-electron chi connectivity index (χ4n) is 1.27. The third kappa shape index (κ3) is 2.71. The normalized spacial score (nSPS) is 16.1. The van der Waals surface area contributed by atoms with Crippen molar-refractivity contribution in [3.05, 3.63) is 17.5 Å². The molecule has 0 aromatic carbocycles. The highest BCUT2D eigenvalue weighted by Gasteiger charge is 2.38. The number of nitrogens with zero attached hydrogens (tertiary/aromatic N) is 1. The van der Waals surface area contributed by atoms with E-state index >= 15 is 0 Å². The zero-order valence-corrected chi connectivity index (χ0v) is 8.41. The van der Waals surface area contributed by atoms with Crippen LogP contribution in [0, 0.1) is 0 Å². The van der Waals surface area contributed by atoms with Crippen molar-refractivity contribution in [1.29, 1.82) is 0 Å². The smallest absolute Gasteiger partial charge is 0.389 e. The molecular formula is C8H12F3N3O2. The Morgan fingerprint density at radius 2 is 2.12 bits per heavy atom. The van der Waals surface area contributed by atoms with Crippen molar-refractivity contribution < 1.29 is 23.4 Å². The lowest BCUT2D eigenvalue weighted by atomic mass is 10.0. The monoisotopic (exact) mass is 239 g/mol. The van der Waals surface area contributed by atoms with E-state index in [-0.39, 0.29) is 6.54 Å². The second-order valence-corrected chi connectivity index (χ2v) is 3.27. The van der Waals surface area contributed by atoms with Gasteiger partial charge in [-0.3, -0.25) is 5.10 Å². The van der Waals surface area contributed by atoms with E-state index in [1.54, 1.807) is 5.10 Å². The van der Waals surface area contributed by atoms with E-state index in [2.05, 4.69) is 10.4 Å².